The first-order chi connectivity index (χ1) is 14.3. The van der Waals surface area contributed by atoms with E-state index in [9.17, 15) is 9.36 Å². The second-order valence-corrected chi connectivity index (χ2v) is 10.8. The van der Waals surface area contributed by atoms with Crippen molar-refractivity contribution in [2.75, 3.05) is 6.16 Å². The average Bonchev–Trinajstić information content (AvgIpc) is 3.20. The van der Waals surface area contributed by atoms with E-state index >= 15 is 0 Å². The Kier molecular flexibility index (Phi) is 10.4. The van der Waals surface area contributed by atoms with Gasteiger partial charge in [-0.2, -0.15) is 0 Å². The fourth-order valence-electron chi connectivity index (χ4n) is 3.58. The van der Waals surface area contributed by atoms with Crippen LogP contribution in [0.25, 0.3) is 0 Å². The molecule has 0 bridgehead atoms. The molecule has 0 fully saturated rings. The van der Waals surface area contributed by atoms with Gasteiger partial charge in [0.05, 0.1) is 11.0 Å². The van der Waals surface area contributed by atoms with Crippen LogP contribution in [0.4, 0.5) is 0 Å². The third kappa shape index (κ3) is 9.23. The Bertz CT molecular complexity index is 818. The number of thiophene rings is 1. The zero-order valence-electron chi connectivity index (χ0n) is 17.7. The highest BCUT2D eigenvalue weighted by atomic mass is 32.1. The van der Waals surface area contributed by atoms with Crippen molar-refractivity contribution in [2.24, 2.45) is 5.73 Å². The number of hydrogen-bond donors (Lipinski definition) is 3. The Morgan fingerprint density at radius 3 is 2.50 bits per heavy atom. The van der Waals surface area contributed by atoms with Crippen molar-refractivity contribution >= 4 is 24.7 Å². The van der Waals surface area contributed by atoms with Crippen molar-refractivity contribution in [1.29, 1.82) is 0 Å². The van der Waals surface area contributed by atoms with Gasteiger partial charge >= 0.3 is 7.60 Å². The van der Waals surface area contributed by atoms with E-state index in [0.717, 1.165) is 41.9 Å². The molecule has 166 valence electrons. The normalized spacial score (nSPS) is 13.9. The molecule has 1 aromatic carbocycles. The SMILES string of the molecule is CCC(CC(N)CCP(=O)(O)O)c1ccc(C(=O)CCCCCc2ccccc2)s1. The Morgan fingerprint density at radius 1 is 1.10 bits per heavy atom. The van der Waals surface area contributed by atoms with E-state index in [-0.39, 0.29) is 23.9 Å². The minimum Gasteiger partial charge on any atom is -0.328 e. The largest absolute Gasteiger partial charge is 0.328 e. The molecule has 0 aliphatic heterocycles. The fourth-order valence-corrected chi connectivity index (χ4v) is 5.42. The Morgan fingerprint density at radius 2 is 1.83 bits per heavy atom. The molecule has 0 saturated heterocycles. The van der Waals surface area contributed by atoms with Crippen LogP contribution in [0.2, 0.25) is 0 Å². The number of nitrogens with two attached hydrogens (primary N) is 1. The lowest BCUT2D eigenvalue weighted by atomic mass is 9.95. The van der Waals surface area contributed by atoms with Crippen molar-refractivity contribution in [3.8, 4) is 0 Å². The fraction of sp³-hybridized carbons (Fsp3) is 0.522. The summed E-state index contributed by atoms with van der Waals surface area (Å²) in [6.45, 7) is 2.08. The number of benzene rings is 1. The van der Waals surface area contributed by atoms with Gasteiger partial charge in [-0.05, 0) is 62.1 Å². The third-order valence-corrected chi connectivity index (χ3v) is 7.52. The molecule has 30 heavy (non-hydrogen) atoms. The van der Waals surface area contributed by atoms with E-state index in [0.29, 0.717) is 19.3 Å². The van der Waals surface area contributed by atoms with Crippen molar-refractivity contribution < 1.29 is 19.1 Å². The highest BCUT2D eigenvalue weighted by Crippen LogP contribution is 2.37. The molecule has 1 heterocycles. The van der Waals surface area contributed by atoms with Crippen LogP contribution in [-0.2, 0) is 11.0 Å². The van der Waals surface area contributed by atoms with E-state index < -0.39 is 7.60 Å². The molecule has 1 aromatic heterocycles. The smallest absolute Gasteiger partial charge is 0.325 e. The first kappa shape index (κ1) is 25.0. The lowest BCUT2D eigenvalue weighted by molar-refractivity contribution is 0.0983. The van der Waals surface area contributed by atoms with E-state index in [4.69, 9.17) is 15.5 Å². The predicted molar refractivity (Wildman–Crippen MR) is 124 cm³/mol. The van der Waals surface area contributed by atoms with Crippen LogP contribution in [0.3, 0.4) is 0 Å². The first-order valence-electron chi connectivity index (χ1n) is 10.8. The van der Waals surface area contributed by atoms with Crippen molar-refractivity contribution in [1.82, 2.24) is 0 Å². The van der Waals surface area contributed by atoms with E-state index in [1.807, 2.05) is 18.2 Å². The maximum Gasteiger partial charge on any atom is 0.325 e. The van der Waals surface area contributed by atoms with Gasteiger partial charge in [0.2, 0.25) is 0 Å². The van der Waals surface area contributed by atoms with Crippen molar-refractivity contribution in [2.45, 2.75) is 70.3 Å². The molecule has 0 aliphatic rings. The molecule has 0 amide bonds. The number of Topliss-reactive ketones (excluding diaryl/α,β-unsaturated/α-hetero) is 1. The number of ketones is 1. The summed E-state index contributed by atoms with van der Waals surface area (Å²) in [6.07, 6.45) is 6.36. The van der Waals surface area contributed by atoms with Crippen LogP contribution in [0.5, 0.6) is 0 Å². The molecule has 7 heteroatoms. The van der Waals surface area contributed by atoms with Gasteiger partial charge in [-0.15, -0.1) is 11.3 Å². The third-order valence-electron chi connectivity index (χ3n) is 5.39. The van der Waals surface area contributed by atoms with Gasteiger partial charge in [0.25, 0.3) is 0 Å². The molecule has 2 rings (SSSR count). The van der Waals surface area contributed by atoms with Gasteiger partial charge in [-0.1, -0.05) is 43.7 Å². The van der Waals surface area contributed by atoms with Gasteiger partial charge in [-0.25, -0.2) is 0 Å². The summed E-state index contributed by atoms with van der Waals surface area (Å²) in [4.78, 5) is 32.5. The number of unbranched alkanes of at least 4 members (excludes halogenated alkanes) is 2. The van der Waals surface area contributed by atoms with Gasteiger partial charge in [0.15, 0.2) is 5.78 Å². The minimum absolute atomic E-state index is 0.178. The molecule has 5 nitrogen and oxygen atoms in total. The summed E-state index contributed by atoms with van der Waals surface area (Å²) < 4.78 is 11.0. The number of carbonyl (C=O) groups excluding carboxylic acids is 1. The monoisotopic (exact) mass is 451 g/mol. The van der Waals surface area contributed by atoms with Gasteiger partial charge < -0.3 is 15.5 Å². The topological polar surface area (TPSA) is 101 Å². The highest BCUT2D eigenvalue weighted by Gasteiger charge is 2.20. The van der Waals surface area contributed by atoms with E-state index in [2.05, 4.69) is 31.2 Å². The summed E-state index contributed by atoms with van der Waals surface area (Å²) in [5.74, 6) is 0.417. The molecule has 2 atom stereocenters. The molecular weight excluding hydrogens is 417 g/mol. The summed E-state index contributed by atoms with van der Waals surface area (Å²) >= 11 is 1.54. The standard InChI is InChI=1S/C23H34NO4PS/c1-2-19(17-20(24)15-16-29(26,27)28)22-13-14-23(30-22)21(25)12-8-4-7-11-18-9-5-3-6-10-18/h3,5-6,9-10,13-14,19-20H,2,4,7-8,11-12,15-17,24H2,1H3,(H2,26,27,28). The highest BCUT2D eigenvalue weighted by molar-refractivity contribution is 7.51. The van der Waals surface area contributed by atoms with E-state index in [1.54, 1.807) is 11.3 Å². The molecule has 2 aromatic rings. The Hall–Kier alpha value is -1.30. The maximum absolute atomic E-state index is 12.5. The zero-order valence-corrected chi connectivity index (χ0v) is 19.4. The Labute approximate surface area is 183 Å². The average molecular weight is 452 g/mol. The van der Waals surface area contributed by atoms with Crippen LogP contribution >= 0.6 is 18.9 Å². The summed E-state index contributed by atoms with van der Waals surface area (Å²) in [5, 5.41) is 0. The van der Waals surface area contributed by atoms with Crippen molar-refractivity contribution in [3.63, 3.8) is 0 Å². The van der Waals surface area contributed by atoms with Crippen LogP contribution in [0.15, 0.2) is 42.5 Å². The van der Waals surface area contributed by atoms with Crippen LogP contribution in [0.1, 0.15) is 77.9 Å². The minimum atomic E-state index is -4.01. The van der Waals surface area contributed by atoms with Crippen LogP contribution < -0.4 is 5.73 Å². The zero-order chi connectivity index (χ0) is 22.0. The molecule has 0 spiro atoms. The molecule has 4 N–H and O–H groups in total. The Balaban J connectivity index is 1.76. The number of aryl methyl sites for hydroxylation is 1. The number of carbonyl (C=O) groups is 1. The molecular formula is C23H34NO4PS. The van der Waals surface area contributed by atoms with Gasteiger partial charge in [0, 0.05) is 17.3 Å². The quantitative estimate of drug-likeness (QED) is 0.200. The molecule has 0 radical (unpaired) electrons. The summed E-state index contributed by atoms with van der Waals surface area (Å²) in [6, 6.07) is 14.1. The lowest BCUT2D eigenvalue weighted by Crippen LogP contribution is -2.23. The van der Waals surface area contributed by atoms with Crippen molar-refractivity contribution in [3.05, 3.63) is 57.8 Å². The maximum atomic E-state index is 12.5. The first-order valence-corrected chi connectivity index (χ1v) is 13.4. The number of rotatable bonds is 14. The van der Waals surface area contributed by atoms with Gasteiger partial charge in [-0.3, -0.25) is 9.36 Å². The summed E-state index contributed by atoms with van der Waals surface area (Å²) in [7, 11) is -4.01. The predicted octanol–water partition coefficient (Wildman–Crippen LogP) is 5.51. The van der Waals surface area contributed by atoms with E-state index in [1.165, 1.54) is 5.56 Å². The van der Waals surface area contributed by atoms with Crippen LogP contribution in [0, 0.1) is 0 Å². The second kappa shape index (κ2) is 12.5. The molecule has 2 unspecified atom stereocenters. The lowest BCUT2D eigenvalue weighted by Gasteiger charge is -2.19. The summed E-state index contributed by atoms with van der Waals surface area (Å²) in [5.41, 5.74) is 7.44. The van der Waals surface area contributed by atoms with Gasteiger partial charge in [0.1, 0.15) is 0 Å². The molecule has 0 saturated carbocycles. The second-order valence-electron chi connectivity index (χ2n) is 7.95. The van der Waals surface area contributed by atoms with Crippen LogP contribution in [-0.4, -0.2) is 27.8 Å². The molecule has 0 aliphatic carbocycles. The number of hydrogen-bond acceptors (Lipinski definition) is 4.